The number of anilines is 1. The van der Waals surface area contributed by atoms with Gasteiger partial charge in [0.05, 0.1) is 17.5 Å². The van der Waals surface area contributed by atoms with E-state index in [-0.39, 0.29) is 5.91 Å². The predicted molar refractivity (Wildman–Crippen MR) is 99.4 cm³/mol. The number of carbonyl (C=O) groups is 1. The fourth-order valence-corrected chi connectivity index (χ4v) is 4.53. The summed E-state index contributed by atoms with van der Waals surface area (Å²) in [4.78, 5) is 18.5. The summed E-state index contributed by atoms with van der Waals surface area (Å²) in [7, 11) is 0. The number of nitrogens with one attached hydrogen (secondary N) is 2. The maximum Gasteiger partial charge on any atom is 0.260 e. The van der Waals surface area contributed by atoms with E-state index in [1.165, 1.54) is 4.88 Å². The van der Waals surface area contributed by atoms with Crippen molar-refractivity contribution in [2.45, 2.75) is 57.4 Å². The topological polar surface area (TPSA) is 71.8 Å². The molecular weight excluding hydrogens is 334 g/mol. The third-order valence-corrected chi connectivity index (χ3v) is 6.09. The fraction of sp³-hybridized carbons (Fsp3) is 0.611. The minimum absolute atomic E-state index is 0.0736. The van der Waals surface area contributed by atoms with E-state index in [9.17, 15) is 4.79 Å². The number of nitrogens with zero attached hydrogens (tertiary/aromatic N) is 3. The van der Waals surface area contributed by atoms with Gasteiger partial charge in [-0.15, -0.1) is 11.3 Å². The molecule has 25 heavy (non-hydrogen) atoms. The van der Waals surface area contributed by atoms with Crippen LogP contribution in [0.5, 0.6) is 0 Å². The summed E-state index contributed by atoms with van der Waals surface area (Å²) >= 11 is 1.61. The Kier molecular flexibility index (Phi) is 4.85. The van der Waals surface area contributed by atoms with Crippen molar-refractivity contribution in [3.63, 3.8) is 0 Å². The quantitative estimate of drug-likeness (QED) is 0.830. The number of carbonyl (C=O) groups excluding carboxylic acids is 1. The first-order chi connectivity index (χ1) is 12.3. The normalized spacial score (nSPS) is 18.4. The first-order valence-corrected chi connectivity index (χ1v) is 10.1. The van der Waals surface area contributed by atoms with E-state index in [4.69, 9.17) is 0 Å². The maximum atomic E-state index is 12.8. The molecule has 2 aromatic rings. The average molecular weight is 359 g/mol. The van der Waals surface area contributed by atoms with Crippen LogP contribution >= 0.6 is 11.3 Å². The molecule has 1 amide bonds. The summed E-state index contributed by atoms with van der Waals surface area (Å²) < 4.78 is 2.01. The van der Waals surface area contributed by atoms with E-state index in [1.54, 1.807) is 17.5 Å². The summed E-state index contributed by atoms with van der Waals surface area (Å²) in [6.07, 6.45) is 9.28. The molecule has 1 saturated carbocycles. The van der Waals surface area contributed by atoms with Gasteiger partial charge in [0.2, 0.25) is 0 Å². The van der Waals surface area contributed by atoms with Crippen LogP contribution in [-0.2, 0) is 6.54 Å². The third kappa shape index (κ3) is 3.62. The lowest BCUT2D eigenvalue weighted by Crippen LogP contribution is -2.26. The van der Waals surface area contributed by atoms with E-state index in [1.807, 2.05) is 10.9 Å². The molecule has 0 atom stereocenters. The van der Waals surface area contributed by atoms with E-state index in [0.717, 1.165) is 63.0 Å². The van der Waals surface area contributed by atoms with Crippen LogP contribution in [0.25, 0.3) is 0 Å². The van der Waals surface area contributed by atoms with Crippen LogP contribution in [0.4, 0.5) is 5.13 Å². The molecule has 1 saturated heterocycles. The fourth-order valence-electron chi connectivity index (χ4n) is 3.55. The van der Waals surface area contributed by atoms with Gasteiger partial charge in [-0.2, -0.15) is 5.10 Å². The van der Waals surface area contributed by atoms with E-state index < -0.39 is 0 Å². The second-order valence-electron chi connectivity index (χ2n) is 6.99. The van der Waals surface area contributed by atoms with E-state index in [2.05, 4.69) is 27.6 Å². The Bertz CT molecular complexity index is 742. The van der Waals surface area contributed by atoms with E-state index >= 15 is 0 Å². The molecule has 0 bridgehead atoms. The second-order valence-corrected chi connectivity index (χ2v) is 8.05. The minimum Gasteiger partial charge on any atom is -0.317 e. The van der Waals surface area contributed by atoms with Gasteiger partial charge in [0.15, 0.2) is 5.13 Å². The summed E-state index contributed by atoms with van der Waals surface area (Å²) in [5, 5.41) is 11.5. The van der Waals surface area contributed by atoms with E-state index in [0.29, 0.717) is 17.0 Å². The van der Waals surface area contributed by atoms with Crippen molar-refractivity contribution in [3.05, 3.63) is 28.5 Å². The molecule has 1 aliphatic heterocycles. The summed E-state index contributed by atoms with van der Waals surface area (Å²) in [6.45, 7) is 5.13. The van der Waals surface area contributed by atoms with Crippen LogP contribution in [0.2, 0.25) is 0 Å². The van der Waals surface area contributed by atoms with Crippen LogP contribution in [0.3, 0.4) is 0 Å². The lowest BCUT2D eigenvalue weighted by Gasteiger charge is -2.20. The van der Waals surface area contributed by atoms with Gasteiger partial charge in [-0.1, -0.05) is 6.92 Å². The molecule has 0 radical (unpaired) electrons. The molecule has 0 spiro atoms. The molecule has 2 aromatic heterocycles. The molecule has 0 aromatic carbocycles. The number of hydrogen-bond acceptors (Lipinski definition) is 5. The summed E-state index contributed by atoms with van der Waals surface area (Å²) in [5.74, 6) is 0.991. The van der Waals surface area contributed by atoms with Crippen molar-refractivity contribution in [2.75, 3.05) is 18.4 Å². The molecule has 4 rings (SSSR count). The SMILES string of the molecule is CCCn1ncc(C(=O)Nc2ncc(C3CCNCC3)s2)c1C1CC1. The standard InChI is InChI=1S/C18H25N5OS/c1-2-9-23-16(13-3-4-13)14(10-21-23)17(24)22-18-20-11-15(25-18)12-5-7-19-8-6-12/h10-13,19H,2-9H2,1H3,(H,20,22,24). The van der Waals surface area contributed by atoms with Crippen LogP contribution in [0.1, 0.15) is 71.8 Å². The molecule has 3 heterocycles. The Morgan fingerprint density at radius 2 is 2.08 bits per heavy atom. The van der Waals surface area contributed by atoms with Gasteiger partial charge in [-0.05, 0) is 51.1 Å². The number of piperidine rings is 1. The highest BCUT2D eigenvalue weighted by Gasteiger charge is 2.32. The zero-order chi connectivity index (χ0) is 17.2. The highest BCUT2D eigenvalue weighted by Crippen LogP contribution is 2.42. The average Bonchev–Trinajstić information content (AvgIpc) is 3.21. The van der Waals surface area contributed by atoms with Gasteiger partial charge in [0.25, 0.3) is 5.91 Å². The van der Waals surface area contributed by atoms with Gasteiger partial charge in [-0.3, -0.25) is 14.8 Å². The lowest BCUT2D eigenvalue weighted by atomic mass is 9.97. The number of aromatic nitrogens is 3. The molecule has 0 unspecified atom stereocenters. The van der Waals surface area contributed by atoms with Crippen molar-refractivity contribution in [3.8, 4) is 0 Å². The van der Waals surface area contributed by atoms with Crippen molar-refractivity contribution < 1.29 is 4.79 Å². The first-order valence-electron chi connectivity index (χ1n) is 9.29. The molecule has 7 heteroatoms. The zero-order valence-electron chi connectivity index (χ0n) is 14.6. The Morgan fingerprint density at radius 1 is 1.28 bits per heavy atom. The second kappa shape index (κ2) is 7.25. The molecule has 2 N–H and O–H groups in total. The molecular formula is C18H25N5OS. The highest BCUT2D eigenvalue weighted by atomic mass is 32.1. The molecule has 2 aliphatic rings. The zero-order valence-corrected chi connectivity index (χ0v) is 15.4. The Morgan fingerprint density at radius 3 is 2.80 bits per heavy atom. The van der Waals surface area contributed by atoms with Crippen molar-refractivity contribution in [1.29, 1.82) is 0 Å². The van der Waals surface area contributed by atoms with Gasteiger partial charge in [0.1, 0.15) is 0 Å². The van der Waals surface area contributed by atoms with Crippen LogP contribution in [0, 0.1) is 0 Å². The monoisotopic (exact) mass is 359 g/mol. The Labute approximate surface area is 152 Å². The van der Waals surface area contributed by atoms with Crippen molar-refractivity contribution in [2.24, 2.45) is 0 Å². The van der Waals surface area contributed by atoms with Gasteiger partial charge in [0, 0.05) is 23.5 Å². The van der Waals surface area contributed by atoms with Gasteiger partial charge in [-0.25, -0.2) is 4.98 Å². The number of hydrogen-bond donors (Lipinski definition) is 2. The molecule has 2 fully saturated rings. The number of rotatable bonds is 6. The molecule has 134 valence electrons. The minimum atomic E-state index is -0.0736. The third-order valence-electron chi connectivity index (χ3n) is 5.01. The number of amides is 1. The smallest absolute Gasteiger partial charge is 0.260 e. The van der Waals surface area contributed by atoms with Crippen LogP contribution in [-0.4, -0.2) is 33.8 Å². The molecule has 6 nitrogen and oxygen atoms in total. The Hall–Kier alpha value is -1.73. The van der Waals surface area contributed by atoms with Crippen LogP contribution in [0.15, 0.2) is 12.4 Å². The number of thiazole rings is 1. The van der Waals surface area contributed by atoms with Crippen molar-refractivity contribution in [1.82, 2.24) is 20.1 Å². The largest absolute Gasteiger partial charge is 0.317 e. The predicted octanol–water partition coefficient (Wildman–Crippen LogP) is 3.35. The molecule has 1 aliphatic carbocycles. The number of aryl methyl sites for hydroxylation is 1. The van der Waals surface area contributed by atoms with Gasteiger partial charge >= 0.3 is 0 Å². The van der Waals surface area contributed by atoms with Crippen LogP contribution < -0.4 is 10.6 Å². The highest BCUT2D eigenvalue weighted by molar-refractivity contribution is 7.15. The Balaban J connectivity index is 1.48. The van der Waals surface area contributed by atoms with Crippen molar-refractivity contribution >= 4 is 22.4 Å². The maximum absolute atomic E-state index is 12.8. The lowest BCUT2D eigenvalue weighted by molar-refractivity contribution is 0.102. The summed E-state index contributed by atoms with van der Waals surface area (Å²) in [6, 6.07) is 0. The summed E-state index contributed by atoms with van der Waals surface area (Å²) in [5.41, 5.74) is 1.82. The first kappa shape index (κ1) is 16.7. The van der Waals surface area contributed by atoms with Gasteiger partial charge < -0.3 is 5.32 Å².